The molecule has 0 bridgehead atoms. The predicted octanol–water partition coefficient (Wildman–Crippen LogP) is 4.69. The van der Waals surface area contributed by atoms with Gasteiger partial charge in [-0.15, -0.1) is 0 Å². The van der Waals surface area contributed by atoms with Gasteiger partial charge in [-0.25, -0.2) is 0 Å². The molecule has 1 atom stereocenters. The molecule has 0 aliphatic carbocycles. The first kappa shape index (κ1) is 15.5. The van der Waals surface area contributed by atoms with Crippen molar-refractivity contribution in [3.05, 3.63) is 34.9 Å². The van der Waals surface area contributed by atoms with Crippen LogP contribution in [-0.2, 0) is 6.42 Å². The molecular weight excluding hydrogens is 242 g/mol. The van der Waals surface area contributed by atoms with Crippen LogP contribution in [0.3, 0.4) is 0 Å². The Balaban J connectivity index is 2.13. The lowest BCUT2D eigenvalue weighted by Crippen LogP contribution is -2.29. The van der Waals surface area contributed by atoms with Crippen LogP contribution in [0.2, 0.25) is 5.02 Å². The zero-order valence-electron chi connectivity index (χ0n) is 11.9. The van der Waals surface area contributed by atoms with Crippen molar-refractivity contribution in [3.8, 4) is 0 Å². The lowest BCUT2D eigenvalue weighted by molar-refractivity contribution is 0.489. The zero-order chi connectivity index (χ0) is 13.4. The van der Waals surface area contributed by atoms with Crippen molar-refractivity contribution in [3.63, 3.8) is 0 Å². The standard InChI is InChI=1S/C16H26ClN/c1-13(2)6-4-5-11-18-14(3)12-15-7-9-16(17)10-8-15/h7-10,13-14,18H,4-6,11-12H2,1-3H3. The quantitative estimate of drug-likeness (QED) is 0.674. The molecule has 0 amide bonds. The maximum atomic E-state index is 5.88. The van der Waals surface area contributed by atoms with Gasteiger partial charge in [-0.2, -0.15) is 0 Å². The Morgan fingerprint density at radius 2 is 1.72 bits per heavy atom. The van der Waals surface area contributed by atoms with Gasteiger partial charge >= 0.3 is 0 Å². The number of unbranched alkanes of at least 4 members (excludes halogenated alkanes) is 1. The number of rotatable bonds is 8. The molecular formula is C16H26ClN. The largest absolute Gasteiger partial charge is 0.314 e. The molecule has 1 aromatic rings. The van der Waals surface area contributed by atoms with Gasteiger partial charge in [0.15, 0.2) is 0 Å². The second-order valence-corrected chi connectivity index (χ2v) is 6.01. The van der Waals surface area contributed by atoms with Crippen LogP contribution >= 0.6 is 11.6 Å². The third-order valence-electron chi connectivity index (χ3n) is 3.16. The summed E-state index contributed by atoms with van der Waals surface area (Å²) in [4.78, 5) is 0. The molecule has 2 heteroatoms. The first-order valence-electron chi connectivity index (χ1n) is 7.05. The van der Waals surface area contributed by atoms with Gasteiger partial charge in [-0.1, -0.05) is 50.4 Å². The fourth-order valence-corrected chi connectivity index (χ4v) is 2.20. The second-order valence-electron chi connectivity index (χ2n) is 5.58. The summed E-state index contributed by atoms with van der Waals surface area (Å²) in [5.41, 5.74) is 1.35. The van der Waals surface area contributed by atoms with E-state index >= 15 is 0 Å². The summed E-state index contributed by atoms with van der Waals surface area (Å²) in [6.07, 6.45) is 5.02. The van der Waals surface area contributed by atoms with Crippen molar-refractivity contribution in [1.29, 1.82) is 0 Å². The minimum atomic E-state index is 0.533. The molecule has 0 saturated carbocycles. The molecule has 0 fully saturated rings. The van der Waals surface area contributed by atoms with Gasteiger partial charge in [0.05, 0.1) is 0 Å². The molecule has 18 heavy (non-hydrogen) atoms. The number of halogens is 1. The highest BCUT2D eigenvalue weighted by molar-refractivity contribution is 6.30. The molecule has 0 heterocycles. The van der Waals surface area contributed by atoms with Crippen LogP contribution in [0, 0.1) is 5.92 Å². The van der Waals surface area contributed by atoms with E-state index < -0.39 is 0 Å². The lowest BCUT2D eigenvalue weighted by atomic mass is 10.1. The normalized spacial score (nSPS) is 12.9. The highest BCUT2D eigenvalue weighted by Crippen LogP contribution is 2.11. The van der Waals surface area contributed by atoms with Gasteiger partial charge in [-0.05, 0) is 49.9 Å². The third-order valence-corrected chi connectivity index (χ3v) is 3.41. The van der Waals surface area contributed by atoms with E-state index in [4.69, 9.17) is 11.6 Å². The van der Waals surface area contributed by atoms with Crippen LogP contribution in [-0.4, -0.2) is 12.6 Å². The van der Waals surface area contributed by atoms with E-state index in [-0.39, 0.29) is 0 Å². The Morgan fingerprint density at radius 3 is 2.33 bits per heavy atom. The van der Waals surface area contributed by atoms with E-state index in [2.05, 4.69) is 38.2 Å². The second kappa shape index (κ2) is 8.55. The van der Waals surface area contributed by atoms with Crippen LogP contribution in [0.5, 0.6) is 0 Å². The Labute approximate surface area is 117 Å². The van der Waals surface area contributed by atoms with Crippen molar-refractivity contribution in [2.24, 2.45) is 5.92 Å². The van der Waals surface area contributed by atoms with Crippen molar-refractivity contribution in [2.45, 2.75) is 52.5 Å². The Bertz CT molecular complexity index is 318. The van der Waals surface area contributed by atoms with Gasteiger partial charge in [0.1, 0.15) is 0 Å². The molecule has 0 aliphatic rings. The summed E-state index contributed by atoms with van der Waals surface area (Å²) in [6.45, 7) is 7.95. The zero-order valence-corrected chi connectivity index (χ0v) is 12.6. The van der Waals surface area contributed by atoms with E-state index in [0.29, 0.717) is 6.04 Å². The van der Waals surface area contributed by atoms with E-state index in [1.807, 2.05) is 12.1 Å². The smallest absolute Gasteiger partial charge is 0.0406 e. The van der Waals surface area contributed by atoms with Crippen molar-refractivity contribution < 1.29 is 0 Å². The van der Waals surface area contributed by atoms with E-state index in [1.165, 1.54) is 24.8 Å². The Morgan fingerprint density at radius 1 is 1.06 bits per heavy atom. The fourth-order valence-electron chi connectivity index (χ4n) is 2.07. The molecule has 102 valence electrons. The van der Waals surface area contributed by atoms with Crippen LogP contribution in [0.1, 0.15) is 45.6 Å². The Hall–Kier alpha value is -0.530. The first-order valence-corrected chi connectivity index (χ1v) is 7.43. The maximum absolute atomic E-state index is 5.88. The van der Waals surface area contributed by atoms with E-state index in [9.17, 15) is 0 Å². The number of nitrogens with one attached hydrogen (secondary N) is 1. The highest BCUT2D eigenvalue weighted by atomic mass is 35.5. The minimum Gasteiger partial charge on any atom is -0.314 e. The monoisotopic (exact) mass is 267 g/mol. The molecule has 0 saturated heterocycles. The number of hydrogen-bond acceptors (Lipinski definition) is 1. The molecule has 0 spiro atoms. The molecule has 0 aromatic heterocycles. The van der Waals surface area contributed by atoms with Crippen LogP contribution < -0.4 is 5.32 Å². The summed E-state index contributed by atoms with van der Waals surface area (Å²) in [5.74, 6) is 0.830. The molecule has 1 unspecified atom stereocenters. The molecule has 1 N–H and O–H groups in total. The van der Waals surface area contributed by atoms with Gasteiger partial charge in [-0.3, -0.25) is 0 Å². The van der Waals surface area contributed by atoms with Gasteiger partial charge in [0.2, 0.25) is 0 Å². The Kier molecular flexibility index (Phi) is 7.38. The van der Waals surface area contributed by atoms with Crippen molar-refractivity contribution >= 4 is 11.6 Å². The number of hydrogen-bond donors (Lipinski definition) is 1. The van der Waals surface area contributed by atoms with Gasteiger partial charge in [0.25, 0.3) is 0 Å². The minimum absolute atomic E-state index is 0.533. The first-order chi connectivity index (χ1) is 8.58. The fraction of sp³-hybridized carbons (Fsp3) is 0.625. The van der Waals surface area contributed by atoms with Gasteiger partial charge < -0.3 is 5.32 Å². The van der Waals surface area contributed by atoms with Gasteiger partial charge in [0, 0.05) is 11.1 Å². The number of benzene rings is 1. The van der Waals surface area contributed by atoms with Crippen LogP contribution in [0.15, 0.2) is 24.3 Å². The summed E-state index contributed by atoms with van der Waals surface area (Å²) in [5, 5.41) is 4.40. The molecule has 1 aromatic carbocycles. The SMILES string of the molecule is CC(C)CCCCNC(C)Cc1ccc(Cl)cc1. The molecule has 1 rings (SSSR count). The molecule has 0 radical (unpaired) electrons. The van der Waals surface area contributed by atoms with Crippen LogP contribution in [0.25, 0.3) is 0 Å². The predicted molar refractivity (Wildman–Crippen MR) is 81.3 cm³/mol. The van der Waals surface area contributed by atoms with Crippen molar-refractivity contribution in [2.75, 3.05) is 6.54 Å². The lowest BCUT2D eigenvalue weighted by Gasteiger charge is -2.14. The highest BCUT2D eigenvalue weighted by Gasteiger charge is 2.02. The third kappa shape index (κ3) is 7.03. The molecule has 1 nitrogen and oxygen atoms in total. The molecule has 0 aliphatic heterocycles. The maximum Gasteiger partial charge on any atom is 0.0406 e. The summed E-state index contributed by atoms with van der Waals surface area (Å²) < 4.78 is 0. The van der Waals surface area contributed by atoms with E-state index in [1.54, 1.807) is 0 Å². The average molecular weight is 268 g/mol. The van der Waals surface area contributed by atoms with E-state index in [0.717, 1.165) is 23.9 Å². The summed E-state index contributed by atoms with van der Waals surface area (Å²) in [7, 11) is 0. The van der Waals surface area contributed by atoms with Crippen LogP contribution in [0.4, 0.5) is 0 Å². The van der Waals surface area contributed by atoms with Crippen molar-refractivity contribution in [1.82, 2.24) is 5.32 Å². The summed E-state index contributed by atoms with van der Waals surface area (Å²) >= 11 is 5.88. The summed E-state index contributed by atoms with van der Waals surface area (Å²) in [6, 6.07) is 8.68. The average Bonchev–Trinajstić information content (AvgIpc) is 2.31. The topological polar surface area (TPSA) is 12.0 Å².